The Hall–Kier alpha value is -2.76. The third-order valence-corrected chi connectivity index (χ3v) is 4.09. The molecule has 2 heterocycles. The number of hydrogen-bond donors (Lipinski definition) is 2. The fourth-order valence-electron chi connectivity index (χ4n) is 2.93. The molecule has 1 saturated heterocycles. The largest absolute Gasteiger partial charge is 0.497 e. The Balaban J connectivity index is 1.58. The quantitative estimate of drug-likeness (QED) is 0.907. The van der Waals surface area contributed by atoms with Crippen molar-refractivity contribution in [2.24, 2.45) is 0 Å². The van der Waals surface area contributed by atoms with Crippen LogP contribution in [0.5, 0.6) is 5.75 Å². The summed E-state index contributed by atoms with van der Waals surface area (Å²) in [7, 11) is 1.67. The van der Waals surface area contributed by atoms with Gasteiger partial charge < -0.3 is 20.3 Å². The number of amides is 2. The minimum Gasteiger partial charge on any atom is -0.497 e. The van der Waals surface area contributed by atoms with Gasteiger partial charge >= 0.3 is 6.03 Å². The molecular weight excluding hydrogens is 304 g/mol. The van der Waals surface area contributed by atoms with Gasteiger partial charge in [-0.1, -0.05) is 6.07 Å². The van der Waals surface area contributed by atoms with Crippen LogP contribution in [-0.4, -0.2) is 37.3 Å². The Morgan fingerprint density at radius 2 is 2.25 bits per heavy atom. The normalized spacial score (nSPS) is 17.2. The first-order valence-electron chi connectivity index (χ1n) is 8.11. The van der Waals surface area contributed by atoms with Crippen LogP contribution < -0.4 is 20.3 Å². The van der Waals surface area contributed by atoms with E-state index in [9.17, 15) is 4.79 Å². The van der Waals surface area contributed by atoms with E-state index in [-0.39, 0.29) is 12.1 Å². The smallest absolute Gasteiger partial charge is 0.319 e. The second kappa shape index (κ2) is 7.68. The maximum absolute atomic E-state index is 12.1. The molecule has 2 amide bonds. The van der Waals surface area contributed by atoms with Crippen LogP contribution in [0.4, 0.5) is 16.2 Å². The molecule has 0 bridgehead atoms. The zero-order chi connectivity index (χ0) is 16.8. The van der Waals surface area contributed by atoms with Crippen molar-refractivity contribution in [1.29, 1.82) is 0 Å². The first-order chi connectivity index (χ1) is 11.7. The second-order valence-corrected chi connectivity index (χ2v) is 5.83. The third kappa shape index (κ3) is 4.16. The molecule has 0 saturated carbocycles. The Morgan fingerprint density at radius 3 is 3.04 bits per heavy atom. The number of aromatic nitrogens is 1. The number of nitrogens with zero attached hydrogens (tertiary/aromatic N) is 2. The van der Waals surface area contributed by atoms with Crippen LogP contribution in [0.1, 0.15) is 12.8 Å². The summed E-state index contributed by atoms with van der Waals surface area (Å²) in [6.07, 6.45) is 5.31. The molecule has 1 aliphatic heterocycles. The summed E-state index contributed by atoms with van der Waals surface area (Å²) in [4.78, 5) is 18.4. The number of rotatable bonds is 4. The lowest BCUT2D eigenvalue weighted by molar-refractivity contribution is 0.246. The van der Waals surface area contributed by atoms with E-state index >= 15 is 0 Å². The van der Waals surface area contributed by atoms with Gasteiger partial charge in [-0.2, -0.15) is 0 Å². The monoisotopic (exact) mass is 326 g/mol. The van der Waals surface area contributed by atoms with E-state index in [1.54, 1.807) is 25.6 Å². The van der Waals surface area contributed by atoms with E-state index in [4.69, 9.17) is 4.74 Å². The van der Waals surface area contributed by atoms with Crippen LogP contribution in [-0.2, 0) is 0 Å². The van der Waals surface area contributed by atoms with Crippen molar-refractivity contribution in [1.82, 2.24) is 10.3 Å². The number of carbonyl (C=O) groups is 1. The zero-order valence-corrected chi connectivity index (χ0v) is 13.7. The van der Waals surface area contributed by atoms with Crippen molar-refractivity contribution < 1.29 is 9.53 Å². The molecule has 0 spiro atoms. The Bertz CT molecular complexity index is 678. The highest BCUT2D eigenvalue weighted by Crippen LogP contribution is 2.24. The summed E-state index contributed by atoms with van der Waals surface area (Å²) >= 11 is 0. The van der Waals surface area contributed by atoms with E-state index in [1.165, 1.54) is 0 Å². The van der Waals surface area contributed by atoms with Gasteiger partial charge in [0, 0.05) is 37.1 Å². The van der Waals surface area contributed by atoms with Gasteiger partial charge in [0.1, 0.15) is 5.75 Å². The number of carbonyl (C=O) groups excluding carboxylic acids is 1. The Kier molecular flexibility index (Phi) is 5.15. The van der Waals surface area contributed by atoms with Crippen LogP contribution in [0.3, 0.4) is 0 Å². The molecule has 6 nitrogen and oxygen atoms in total. The molecule has 1 aliphatic rings. The van der Waals surface area contributed by atoms with Gasteiger partial charge in [-0.15, -0.1) is 0 Å². The fourth-order valence-corrected chi connectivity index (χ4v) is 2.93. The lowest BCUT2D eigenvalue weighted by Crippen LogP contribution is -2.49. The van der Waals surface area contributed by atoms with E-state index in [2.05, 4.69) is 26.6 Å². The maximum atomic E-state index is 12.1. The van der Waals surface area contributed by atoms with E-state index < -0.39 is 0 Å². The standard InChI is InChI=1S/C18H22N4O2/c1-24-17-8-2-7-16(11-17)22-10-4-6-15(13-22)21-18(23)20-14-5-3-9-19-12-14/h2-3,5,7-9,11-12,15H,4,6,10,13H2,1H3,(H2,20,21,23)/t15-/m1/s1. The van der Waals surface area contributed by atoms with E-state index in [1.807, 2.05) is 24.3 Å². The number of nitrogens with one attached hydrogen (secondary N) is 2. The van der Waals surface area contributed by atoms with Crippen LogP contribution in [0.2, 0.25) is 0 Å². The second-order valence-electron chi connectivity index (χ2n) is 5.83. The third-order valence-electron chi connectivity index (χ3n) is 4.09. The molecule has 0 unspecified atom stereocenters. The molecule has 6 heteroatoms. The van der Waals surface area contributed by atoms with Gasteiger partial charge in [0.2, 0.25) is 0 Å². The molecule has 3 rings (SSSR count). The lowest BCUT2D eigenvalue weighted by atomic mass is 10.0. The van der Waals surface area contributed by atoms with Gasteiger partial charge in [0.25, 0.3) is 0 Å². The number of benzene rings is 1. The van der Waals surface area contributed by atoms with Crippen LogP contribution in [0, 0.1) is 0 Å². The van der Waals surface area contributed by atoms with Gasteiger partial charge in [0.15, 0.2) is 0 Å². The number of piperidine rings is 1. The number of ether oxygens (including phenoxy) is 1. The summed E-state index contributed by atoms with van der Waals surface area (Å²) in [5.74, 6) is 0.844. The maximum Gasteiger partial charge on any atom is 0.319 e. The first kappa shape index (κ1) is 16.1. The molecule has 0 aliphatic carbocycles. The van der Waals surface area contributed by atoms with Crippen molar-refractivity contribution in [2.45, 2.75) is 18.9 Å². The van der Waals surface area contributed by atoms with Gasteiger partial charge in [-0.3, -0.25) is 4.98 Å². The summed E-state index contributed by atoms with van der Waals surface area (Å²) < 4.78 is 5.29. The van der Waals surface area contributed by atoms with E-state index in [0.717, 1.165) is 37.4 Å². The van der Waals surface area contributed by atoms with Crippen molar-refractivity contribution in [3.8, 4) is 5.75 Å². The summed E-state index contributed by atoms with van der Waals surface area (Å²) in [6, 6.07) is 11.5. The molecule has 1 atom stereocenters. The summed E-state index contributed by atoms with van der Waals surface area (Å²) in [6.45, 7) is 1.77. The van der Waals surface area contributed by atoms with Crippen LogP contribution in [0.25, 0.3) is 0 Å². The molecule has 2 aromatic rings. The van der Waals surface area contributed by atoms with Gasteiger partial charge in [0.05, 0.1) is 19.0 Å². The van der Waals surface area contributed by atoms with Crippen molar-refractivity contribution in [3.63, 3.8) is 0 Å². The van der Waals surface area contributed by atoms with Crippen molar-refractivity contribution >= 4 is 17.4 Å². The zero-order valence-electron chi connectivity index (χ0n) is 13.7. The predicted octanol–water partition coefficient (Wildman–Crippen LogP) is 2.88. The van der Waals surface area contributed by atoms with Gasteiger partial charge in [-0.05, 0) is 37.1 Å². The fraction of sp³-hybridized carbons (Fsp3) is 0.333. The SMILES string of the molecule is COc1cccc(N2CCC[C@@H](NC(=O)Nc3cccnc3)C2)c1. The highest BCUT2D eigenvalue weighted by molar-refractivity contribution is 5.89. The van der Waals surface area contributed by atoms with Crippen LogP contribution >= 0.6 is 0 Å². The van der Waals surface area contributed by atoms with Gasteiger partial charge in [-0.25, -0.2) is 4.79 Å². The Morgan fingerprint density at radius 1 is 1.33 bits per heavy atom. The minimum absolute atomic E-state index is 0.113. The molecule has 0 radical (unpaired) electrons. The van der Waals surface area contributed by atoms with Crippen molar-refractivity contribution in [2.75, 3.05) is 30.4 Å². The van der Waals surface area contributed by atoms with Crippen LogP contribution in [0.15, 0.2) is 48.8 Å². The summed E-state index contributed by atoms with van der Waals surface area (Å²) in [5.41, 5.74) is 1.81. The molecule has 1 fully saturated rings. The minimum atomic E-state index is -0.194. The molecule has 2 N–H and O–H groups in total. The number of anilines is 2. The van der Waals surface area contributed by atoms with Crippen molar-refractivity contribution in [3.05, 3.63) is 48.8 Å². The molecular formula is C18H22N4O2. The number of methoxy groups -OCH3 is 1. The molecule has 1 aromatic heterocycles. The molecule has 1 aromatic carbocycles. The highest BCUT2D eigenvalue weighted by Gasteiger charge is 2.22. The molecule has 126 valence electrons. The number of urea groups is 1. The molecule has 24 heavy (non-hydrogen) atoms. The average Bonchev–Trinajstić information content (AvgIpc) is 2.63. The topological polar surface area (TPSA) is 66.5 Å². The Labute approximate surface area is 141 Å². The first-order valence-corrected chi connectivity index (χ1v) is 8.11. The highest BCUT2D eigenvalue weighted by atomic mass is 16.5. The average molecular weight is 326 g/mol. The lowest BCUT2D eigenvalue weighted by Gasteiger charge is -2.34. The number of pyridine rings is 1. The summed E-state index contributed by atoms with van der Waals surface area (Å²) in [5, 5.41) is 5.86. The number of hydrogen-bond acceptors (Lipinski definition) is 4. The predicted molar refractivity (Wildman–Crippen MR) is 94.6 cm³/mol. The van der Waals surface area contributed by atoms with E-state index in [0.29, 0.717) is 5.69 Å².